The predicted octanol–water partition coefficient (Wildman–Crippen LogP) is 1.13. The second-order valence-electron chi connectivity index (χ2n) is 4.52. The predicted molar refractivity (Wildman–Crippen MR) is 70.0 cm³/mol. The zero-order valence-corrected chi connectivity index (χ0v) is 10.8. The molecule has 2 heterocycles. The van der Waals surface area contributed by atoms with Gasteiger partial charge in [-0.1, -0.05) is 13.3 Å². The van der Waals surface area contributed by atoms with Crippen LogP contribution in [0, 0.1) is 12.8 Å². The second kappa shape index (κ2) is 5.30. The summed E-state index contributed by atoms with van der Waals surface area (Å²) >= 11 is 0. The summed E-state index contributed by atoms with van der Waals surface area (Å²) in [5.74, 6) is 0.695. The van der Waals surface area contributed by atoms with Gasteiger partial charge < -0.3 is 15.4 Å². The zero-order valence-electron chi connectivity index (χ0n) is 10.8. The van der Waals surface area contributed by atoms with E-state index in [1.165, 1.54) is 0 Å². The molecule has 6 nitrogen and oxygen atoms in total. The number of aryl methyl sites for hydroxylation is 1. The molecule has 6 heteroatoms. The van der Waals surface area contributed by atoms with E-state index in [2.05, 4.69) is 21.9 Å². The van der Waals surface area contributed by atoms with Crippen LogP contribution < -0.4 is 5.73 Å². The molecule has 3 N–H and O–H groups in total. The average molecular weight is 249 g/mol. The third-order valence-electron chi connectivity index (χ3n) is 3.23. The van der Waals surface area contributed by atoms with Gasteiger partial charge in [0.2, 0.25) is 5.95 Å². The second-order valence-corrected chi connectivity index (χ2v) is 4.52. The molecule has 0 saturated carbocycles. The topological polar surface area (TPSA) is 89.8 Å². The molecular weight excluding hydrogens is 230 g/mol. The van der Waals surface area contributed by atoms with Crippen LogP contribution in [0.2, 0.25) is 0 Å². The van der Waals surface area contributed by atoms with E-state index in [1.54, 1.807) is 6.33 Å². The van der Waals surface area contributed by atoms with Gasteiger partial charge in [-0.2, -0.15) is 4.98 Å². The van der Waals surface area contributed by atoms with Crippen molar-refractivity contribution < 1.29 is 5.11 Å². The minimum atomic E-state index is 0.210. The largest absolute Gasteiger partial charge is 0.396 e. The third-order valence-corrected chi connectivity index (χ3v) is 3.23. The van der Waals surface area contributed by atoms with Gasteiger partial charge in [0.05, 0.1) is 12.0 Å². The molecule has 0 bridgehead atoms. The molecular formula is C12H19N5O. The summed E-state index contributed by atoms with van der Waals surface area (Å²) < 4.78 is 1.99. The molecule has 1 atom stereocenters. The van der Waals surface area contributed by atoms with Crippen molar-refractivity contribution in [2.75, 3.05) is 12.3 Å². The normalized spacial score (nSPS) is 13.1. The number of fused-ring (bicyclic) bond motifs is 1. The highest BCUT2D eigenvalue weighted by Crippen LogP contribution is 2.18. The summed E-state index contributed by atoms with van der Waals surface area (Å²) in [6.07, 6.45) is 3.57. The Bertz CT molecular complexity index is 536. The van der Waals surface area contributed by atoms with Crippen molar-refractivity contribution in [1.29, 1.82) is 0 Å². The van der Waals surface area contributed by atoms with Crippen LogP contribution >= 0.6 is 0 Å². The van der Waals surface area contributed by atoms with Crippen molar-refractivity contribution in [2.24, 2.45) is 5.92 Å². The Morgan fingerprint density at radius 2 is 2.22 bits per heavy atom. The summed E-state index contributed by atoms with van der Waals surface area (Å²) in [5, 5.41) is 9.03. The highest BCUT2D eigenvalue weighted by molar-refractivity contribution is 5.74. The van der Waals surface area contributed by atoms with Gasteiger partial charge in [0.25, 0.3) is 0 Å². The summed E-state index contributed by atoms with van der Waals surface area (Å²) in [4.78, 5) is 12.7. The molecule has 0 aliphatic heterocycles. The van der Waals surface area contributed by atoms with Gasteiger partial charge in [-0.3, -0.25) is 0 Å². The smallest absolute Gasteiger partial charge is 0.222 e. The van der Waals surface area contributed by atoms with Crippen molar-refractivity contribution in [1.82, 2.24) is 19.5 Å². The van der Waals surface area contributed by atoms with Crippen LogP contribution in [-0.2, 0) is 6.54 Å². The van der Waals surface area contributed by atoms with Crippen LogP contribution in [0.15, 0.2) is 6.33 Å². The maximum atomic E-state index is 9.03. The van der Waals surface area contributed by atoms with E-state index in [0.717, 1.165) is 36.2 Å². The summed E-state index contributed by atoms with van der Waals surface area (Å²) in [7, 11) is 0. The maximum absolute atomic E-state index is 9.03. The lowest BCUT2D eigenvalue weighted by atomic mass is 10.0. The van der Waals surface area contributed by atoms with E-state index in [-0.39, 0.29) is 12.6 Å². The van der Waals surface area contributed by atoms with Crippen LogP contribution in [0.1, 0.15) is 25.5 Å². The van der Waals surface area contributed by atoms with Crippen LogP contribution in [0.25, 0.3) is 11.2 Å². The number of nitrogens with two attached hydrogens (primary N) is 1. The molecule has 0 fully saturated rings. The fraction of sp³-hybridized carbons (Fsp3) is 0.583. The number of aliphatic hydroxyl groups excluding tert-OH is 1. The van der Waals surface area contributed by atoms with Crippen molar-refractivity contribution in [3.63, 3.8) is 0 Å². The van der Waals surface area contributed by atoms with Crippen molar-refractivity contribution in [2.45, 2.75) is 33.2 Å². The number of hydrogen-bond donors (Lipinski definition) is 2. The van der Waals surface area contributed by atoms with Gasteiger partial charge >= 0.3 is 0 Å². The molecule has 0 spiro atoms. The third kappa shape index (κ3) is 2.43. The van der Waals surface area contributed by atoms with Gasteiger partial charge in [0, 0.05) is 13.2 Å². The van der Waals surface area contributed by atoms with Gasteiger partial charge in [-0.15, -0.1) is 0 Å². The number of nitrogen functional groups attached to an aromatic ring is 1. The van der Waals surface area contributed by atoms with Crippen LogP contribution in [0.4, 0.5) is 5.95 Å². The Balaban J connectivity index is 2.34. The molecule has 0 aromatic carbocycles. The standard InChI is InChI=1S/C12H19N5O/c1-3-9(4-5-18)6-17-7-14-10-8(2)15-12(13)16-11(10)17/h7,9,18H,3-6H2,1-2H3,(H2,13,15,16)/t9-/m1/s1. The summed E-state index contributed by atoms with van der Waals surface area (Å²) in [6, 6.07) is 0. The van der Waals surface area contributed by atoms with Crippen molar-refractivity contribution in [3.05, 3.63) is 12.0 Å². The van der Waals surface area contributed by atoms with E-state index < -0.39 is 0 Å². The molecule has 18 heavy (non-hydrogen) atoms. The molecule has 0 saturated heterocycles. The maximum Gasteiger partial charge on any atom is 0.222 e. The molecule has 0 radical (unpaired) electrons. The molecule has 0 aliphatic rings. The lowest BCUT2D eigenvalue weighted by molar-refractivity contribution is 0.244. The number of anilines is 1. The fourth-order valence-electron chi connectivity index (χ4n) is 2.13. The number of aromatic nitrogens is 4. The van der Waals surface area contributed by atoms with Crippen LogP contribution in [0.3, 0.4) is 0 Å². The van der Waals surface area contributed by atoms with E-state index >= 15 is 0 Å². The van der Waals surface area contributed by atoms with Crippen LogP contribution in [0.5, 0.6) is 0 Å². The molecule has 0 aliphatic carbocycles. The quantitative estimate of drug-likeness (QED) is 0.829. The summed E-state index contributed by atoms with van der Waals surface area (Å²) in [6.45, 7) is 5.00. The number of hydrogen-bond acceptors (Lipinski definition) is 5. The first kappa shape index (κ1) is 12.8. The lowest BCUT2D eigenvalue weighted by Crippen LogP contribution is -2.12. The van der Waals surface area contributed by atoms with Crippen molar-refractivity contribution in [3.8, 4) is 0 Å². The van der Waals surface area contributed by atoms with Gasteiger partial charge in [-0.25, -0.2) is 9.97 Å². The minimum absolute atomic E-state index is 0.210. The van der Waals surface area contributed by atoms with Crippen molar-refractivity contribution >= 4 is 17.1 Å². The Morgan fingerprint density at radius 3 is 2.89 bits per heavy atom. The highest BCUT2D eigenvalue weighted by atomic mass is 16.3. The van der Waals surface area contributed by atoms with E-state index in [1.807, 2.05) is 11.5 Å². The molecule has 0 unspecified atom stereocenters. The van der Waals surface area contributed by atoms with Gasteiger partial charge in [0.1, 0.15) is 5.52 Å². The number of aliphatic hydroxyl groups is 1. The zero-order chi connectivity index (χ0) is 13.1. The Labute approximate surface area is 106 Å². The summed E-state index contributed by atoms with van der Waals surface area (Å²) in [5.41, 5.74) is 8.04. The van der Waals surface area contributed by atoms with Gasteiger partial charge in [-0.05, 0) is 19.3 Å². The SMILES string of the molecule is CC[C@H](CCO)Cn1cnc2c(C)nc(N)nc21. The molecule has 2 aromatic heterocycles. The average Bonchev–Trinajstić information content (AvgIpc) is 2.72. The van der Waals surface area contributed by atoms with Gasteiger partial charge in [0.15, 0.2) is 5.65 Å². The number of nitrogens with zero attached hydrogens (tertiary/aromatic N) is 4. The monoisotopic (exact) mass is 249 g/mol. The molecule has 98 valence electrons. The lowest BCUT2D eigenvalue weighted by Gasteiger charge is -2.14. The first-order valence-electron chi connectivity index (χ1n) is 6.21. The van der Waals surface area contributed by atoms with Crippen LogP contribution in [-0.4, -0.2) is 31.2 Å². The van der Waals surface area contributed by atoms with E-state index in [9.17, 15) is 0 Å². The number of rotatable bonds is 5. The minimum Gasteiger partial charge on any atom is -0.396 e. The first-order chi connectivity index (χ1) is 8.65. The molecule has 0 amide bonds. The molecule has 2 aromatic rings. The van der Waals surface area contributed by atoms with E-state index in [0.29, 0.717) is 5.92 Å². The Morgan fingerprint density at radius 1 is 1.44 bits per heavy atom. The highest BCUT2D eigenvalue weighted by Gasteiger charge is 2.12. The Hall–Kier alpha value is -1.69. The Kier molecular flexibility index (Phi) is 3.76. The molecule has 2 rings (SSSR count). The van der Waals surface area contributed by atoms with E-state index in [4.69, 9.17) is 10.8 Å². The first-order valence-corrected chi connectivity index (χ1v) is 6.21. The fourth-order valence-corrected chi connectivity index (χ4v) is 2.13. The number of imidazole rings is 1.